The van der Waals surface area contributed by atoms with E-state index in [1.807, 2.05) is 84.6 Å². The first-order valence-electron chi connectivity index (χ1n) is 31.1. The van der Waals surface area contributed by atoms with Crippen LogP contribution in [-0.4, -0.2) is 165 Å². The quantitative estimate of drug-likeness (QED) is 0.0550. The Bertz CT molecular complexity index is 3810. The van der Waals surface area contributed by atoms with Crippen molar-refractivity contribution in [1.29, 1.82) is 5.26 Å². The van der Waals surface area contributed by atoms with Crippen LogP contribution >= 0.6 is 34.3 Å². The van der Waals surface area contributed by atoms with E-state index >= 15 is 8.78 Å². The molecule has 4 N–H and O–H groups in total. The largest absolute Gasteiger partial charge is 0.462 e. The predicted molar refractivity (Wildman–Crippen MR) is 349 cm³/mol. The number of aryl methyl sites for hydroxylation is 1. The number of carbonyl (C=O) groups is 5. The number of likely N-dealkylation sites (tertiary alicyclic amines) is 2. The van der Waals surface area contributed by atoms with Crippen LogP contribution in [0.25, 0.3) is 42.6 Å². The Balaban J connectivity index is 0.778. The number of thiazole rings is 1. The minimum Gasteiger partial charge on any atom is -0.462 e. The van der Waals surface area contributed by atoms with Crippen LogP contribution in [0.15, 0.2) is 48.0 Å². The van der Waals surface area contributed by atoms with Crippen molar-refractivity contribution < 1.29 is 56.8 Å². The number of piperazine rings is 1. The topological polar surface area (TPSA) is 254 Å². The van der Waals surface area contributed by atoms with E-state index in [0.717, 1.165) is 52.1 Å². The van der Waals surface area contributed by atoms with Gasteiger partial charge in [-0.2, -0.15) is 15.2 Å². The predicted octanol–water partition coefficient (Wildman–Crippen LogP) is 11.3. The second-order valence-electron chi connectivity index (χ2n) is 27.2. The molecule has 0 spiro atoms. The summed E-state index contributed by atoms with van der Waals surface area (Å²) in [5.41, 5.74) is 1.99. The summed E-state index contributed by atoms with van der Waals surface area (Å²) < 4.78 is 57.1. The molecule has 2 bridgehead atoms. The molecule has 7 atom stereocenters. The van der Waals surface area contributed by atoms with Crippen LogP contribution in [0.5, 0.6) is 6.01 Å². The van der Waals surface area contributed by atoms with Crippen molar-refractivity contribution in [2.45, 2.75) is 168 Å². The number of hydrogen-bond donors (Lipinski definition) is 4. The number of aromatic nitrogens is 3. The summed E-state index contributed by atoms with van der Waals surface area (Å²) in [6.45, 7) is 22.4. The van der Waals surface area contributed by atoms with Crippen molar-refractivity contribution in [2.75, 3.05) is 62.8 Å². The maximum atomic E-state index is 17.8. The number of hydrogen-bond acceptors (Lipinski definition) is 18. The Morgan fingerprint density at radius 3 is 2.25 bits per heavy atom. The lowest BCUT2D eigenvalue weighted by Gasteiger charge is -2.42. The highest BCUT2D eigenvalue weighted by Crippen LogP contribution is 2.47. The maximum absolute atomic E-state index is 17.8. The van der Waals surface area contributed by atoms with E-state index in [2.05, 4.69) is 36.9 Å². The number of nitrogens with zero attached hydrogens (tertiary/aromatic N) is 8. The summed E-state index contributed by atoms with van der Waals surface area (Å²) in [7, 11) is 0. The molecule has 21 nitrogen and oxygen atoms in total. The number of nitrogens with one attached hydrogen (secondary N) is 3. The van der Waals surface area contributed by atoms with Crippen LogP contribution in [0, 0.1) is 35.3 Å². The Kier molecular flexibility index (Phi) is 20.1. The van der Waals surface area contributed by atoms with Crippen molar-refractivity contribution in [2.24, 2.45) is 5.41 Å². The highest BCUT2D eigenvalue weighted by molar-refractivity contribution is 7.23. The van der Waals surface area contributed by atoms with Crippen LogP contribution in [0.1, 0.15) is 131 Å². The van der Waals surface area contributed by atoms with Gasteiger partial charge in [-0.1, -0.05) is 62.7 Å². The number of ether oxygens (including phenoxy) is 4. The first kappa shape index (κ1) is 67.5. The first-order chi connectivity index (χ1) is 43.5. The van der Waals surface area contributed by atoms with Crippen LogP contribution in [0.3, 0.4) is 0 Å². The van der Waals surface area contributed by atoms with Gasteiger partial charge in [-0.3, -0.25) is 29.5 Å². The monoisotopic (exact) mass is 1320 g/mol. The van der Waals surface area contributed by atoms with Crippen LogP contribution in [-0.2, 0) is 28.6 Å². The van der Waals surface area contributed by atoms with Gasteiger partial charge < -0.3 is 44.5 Å². The molecule has 492 valence electrons. The highest BCUT2D eigenvalue weighted by atomic mass is 35.5. The van der Waals surface area contributed by atoms with E-state index in [9.17, 15) is 34.3 Å². The van der Waals surface area contributed by atoms with Gasteiger partial charge in [0.15, 0.2) is 5.82 Å². The van der Waals surface area contributed by atoms with Gasteiger partial charge in [-0.05, 0) is 115 Å². The van der Waals surface area contributed by atoms with Crippen molar-refractivity contribution in [3.05, 3.63) is 81.5 Å². The molecule has 5 amide bonds. The number of amides is 5. The molecule has 7 heterocycles. The van der Waals surface area contributed by atoms with Gasteiger partial charge in [0, 0.05) is 74.6 Å². The Hall–Kier alpha value is -7.34. The van der Waals surface area contributed by atoms with E-state index in [1.54, 1.807) is 48.6 Å². The average Bonchev–Trinajstić information content (AvgIpc) is 1.30. The molecule has 2 unspecified atom stereocenters. The van der Waals surface area contributed by atoms with E-state index < -0.39 is 76.3 Å². The summed E-state index contributed by atoms with van der Waals surface area (Å²) in [6.07, 6.45) is 0.671. The number of aliphatic hydroxyl groups is 1. The zero-order chi connectivity index (χ0) is 66.3. The lowest BCUT2D eigenvalue weighted by atomic mass is 9.85. The molecule has 0 aliphatic carbocycles. The van der Waals surface area contributed by atoms with Gasteiger partial charge in [-0.15, -0.1) is 22.7 Å². The van der Waals surface area contributed by atoms with Gasteiger partial charge in [0.1, 0.15) is 58.1 Å². The second kappa shape index (κ2) is 27.3. The fourth-order valence-electron chi connectivity index (χ4n) is 12.4. The Morgan fingerprint density at radius 2 is 1.62 bits per heavy atom. The molecule has 3 aromatic heterocycles. The van der Waals surface area contributed by atoms with E-state index in [0.29, 0.717) is 51.3 Å². The molecule has 4 fully saturated rings. The molecule has 0 radical (unpaired) electrons. The number of halogens is 3. The number of fused-ring (bicyclic) bond motifs is 4. The number of thiophene rings is 1. The van der Waals surface area contributed by atoms with Crippen molar-refractivity contribution in [3.63, 3.8) is 0 Å². The number of carbonyl (C=O) groups excluding carboxylic acids is 5. The molecule has 3 aromatic carbocycles. The molecule has 92 heavy (non-hydrogen) atoms. The molecule has 4 saturated heterocycles. The molecular formula is C66H80ClF2N11O10S2. The first-order valence-corrected chi connectivity index (χ1v) is 33.2. The lowest BCUT2D eigenvalue weighted by Crippen LogP contribution is -2.58. The molecule has 0 saturated carbocycles. The number of β-amino-alcohol motifs (C(OH)–C–C–N with tert-alkyl or cyclic N) is 1. The molecule has 26 heteroatoms. The number of nitriles is 1. The number of anilines is 2. The van der Waals surface area contributed by atoms with Gasteiger partial charge in [-0.25, -0.2) is 23.4 Å². The SMILES string of the molecule is Cc1ncsc1-c1ccc([C@H](C)NC(=O)[C@@H]2C[C@@H](O)CN2C(=O)[C@@H](NC(=O)CCOCCCN2CC[C@H]2COc2nc(N3CC4CCC(C3)N4C(=O)OC(C)(C)C)c3cc(Cl)c(-c4ccc(F)c5sc(NC(=O)OC(C)(C)C)c(C#N)c45)c(F)c3n2)C(C)(C)C)cc1. The minimum atomic E-state index is -0.997. The van der Waals surface area contributed by atoms with Crippen molar-refractivity contribution >= 4 is 96.0 Å². The van der Waals surface area contributed by atoms with E-state index in [4.69, 9.17) is 35.5 Å². The Labute approximate surface area is 547 Å². The van der Waals surface area contributed by atoms with Gasteiger partial charge >= 0.3 is 18.2 Å². The fourth-order valence-corrected chi connectivity index (χ4v) is 14.6. The zero-order valence-electron chi connectivity index (χ0n) is 53.7. The Morgan fingerprint density at radius 1 is 0.913 bits per heavy atom. The number of benzene rings is 3. The molecule has 4 aliphatic heterocycles. The number of rotatable bonds is 19. The van der Waals surface area contributed by atoms with Gasteiger partial charge in [0.2, 0.25) is 17.7 Å². The van der Waals surface area contributed by atoms with Gasteiger partial charge in [0.05, 0.1) is 62.2 Å². The normalized spacial score (nSPS) is 20.0. The minimum absolute atomic E-state index is 0.00644. The fraction of sp³-hybridized carbons (Fsp3) is 0.530. The molecular weight excluding hydrogens is 1240 g/mol. The summed E-state index contributed by atoms with van der Waals surface area (Å²) in [5, 5.41) is 30.0. The van der Waals surface area contributed by atoms with Crippen LogP contribution in [0.2, 0.25) is 5.02 Å². The third kappa shape index (κ3) is 15.0. The van der Waals surface area contributed by atoms with Crippen molar-refractivity contribution in [1.82, 2.24) is 40.3 Å². The lowest BCUT2D eigenvalue weighted by molar-refractivity contribution is -0.144. The highest BCUT2D eigenvalue weighted by Gasteiger charge is 2.47. The van der Waals surface area contributed by atoms with Crippen LogP contribution < -0.4 is 25.6 Å². The summed E-state index contributed by atoms with van der Waals surface area (Å²) in [6, 6.07) is 11.0. The van der Waals surface area contributed by atoms with Crippen molar-refractivity contribution in [3.8, 4) is 33.6 Å². The number of aliphatic hydroxyl groups excluding tert-OH is 1. The van der Waals surface area contributed by atoms with Gasteiger partial charge in [0.25, 0.3) is 0 Å². The molecule has 6 aromatic rings. The second-order valence-corrected chi connectivity index (χ2v) is 29.5. The summed E-state index contributed by atoms with van der Waals surface area (Å²) in [5.74, 6) is -2.50. The van der Waals surface area contributed by atoms with E-state index in [-0.39, 0.29) is 110 Å². The van der Waals surface area contributed by atoms with Crippen LogP contribution in [0.4, 0.5) is 29.2 Å². The third-order valence-corrected chi connectivity index (χ3v) is 19.3. The van der Waals surface area contributed by atoms with E-state index in [1.165, 1.54) is 11.0 Å². The summed E-state index contributed by atoms with van der Waals surface area (Å²) in [4.78, 5) is 90.4. The standard InChI is InChI=1S/C66H80ClF2N11O10S2/c1-35(37-13-15-38(16-14-37)54-36(2)71-34-91-54)72-58(83)48-27-42(81)32-79(48)60(84)56(64(3,4)5)73-49(82)22-26-87-25-12-23-77-24-21-41(77)33-88-61-74-53-44(57(75-61)78-30-39-17-18-40(31-78)80(39)63(86)90-66(9,10)11)28-46(67)51(52(53)69)43-19-20-47(68)55-50(43)45(29-70)59(92-55)76-62(85)89-65(6,7)8/h13-16,19-20,28,34-35,39-42,48,56,81H,12,17-18,21-27,30-33H2,1-11H3,(H,72,83)(H,73,82)(H,76,85)/t35-,39?,40?,41-,42+,48-,56+/m0/s1. The zero-order valence-corrected chi connectivity index (χ0v) is 56.1. The molecule has 10 rings (SSSR count). The maximum Gasteiger partial charge on any atom is 0.412 e. The summed E-state index contributed by atoms with van der Waals surface area (Å²) >= 11 is 9.46. The third-order valence-electron chi connectivity index (χ3n) is 17.0. The smallest absolute Gasteiger partial charge is 0.412 e. The molecule has 4 aliphatic rings. The average molecular weight is 1330 g/mol.